The number of aliphatic hydroxyl groups excluding tert-OH is 1. The summed E-state index contributed by atoms with van der Waals surface area (Å²) in [5.74, 6) is 0.981. The van der Waals surface area contributed by atoms with E-state index < -0.39 is 6.10 Å². The van der Waals surface area contributed by atoms with E-state index in [1.807, 2.05) is 0 Å². The second kappa shape index (κ2) is 4.90. The molecule has 0 fully saturated rings. The van der Waals surface area contributed by atoms with Gasteiger partial charge in [0.05, 0.1) is 6.10 Å². The smallest absolute Gasteiger partial charge is 0.231 e. The number of hydrogen-bond acceptors (Lipinski definition) is 3. The van der Waals surface area contributed by atoms with Crippen LogP contribution in [0.15, 0.2) is 42.5 Å². The maximum Gasteiger partial charge on any atom is 0.231 e. The Morgan fingerprint density at radius 2 is 1.89 bits per heavy atom. The maximum absolute atomic E-state index is 13.5. The van der Waals surface area contributed by atoms with E-state index in [1.165, 1.54) is 6.07 Å². The molecule has 2 aromatic rings. The van der Waals surface area contributed by atoms with Gasteiger partial charge in [-0.25, -0.2) is 4.39 Å². The quantitative estimate of drug-likeness (QED) is 0.922. The predicted molar refractivity (Wildman–Crippen MR) is 67.6 cm³/mol. The van der Waals surface area contributed by atoms with E-state index in [4.69, 9.17) is 9.47 Å². The van der Waals surface area contributed by atoms with Gasteiger partial charge in [0.2, 0.25) is 6.79 Å². The number of halogens is 1. The number of ether oxygens (including phenoxy) is 2. The van der Waals surface area contributed by atoms with Crippen molar-refractivity contribution in [3.8, 4) is 11.5 Å². The summed E-state index contributed by atoms with van der Waals surface area (Å²) in [6.07, 6.45) is -0.543. The molecule has 1 atom stereocenters. The summed E-state index contributed by atoms with van der Waals surface area (Å²) in [7, 11) is 0. The molecule has 2 aromatic carbocycles. The van der Waals surface area contributed by atoms with Gasteiger partial charge in [-0.15, -0.1) is 0 Å². The van der Waals surface area contributed by atoms with Crippen molar-refractivity contribution in [1.82, 2.24) is 0 Å². The molecule has 0 spiro atoms. The third-order valence-corrected chi connectivity index (χ3v) is 3.15. The second-order valence-electron chi connectivity index (χ2n) is 4.42. The lowest BCUT2D eigenvalue weighted by molar-refractivity contribution is 0.171. The molecule has 98 valence electrons. The third kappa shape index (κ3) is 2.39. The number of benzene rings is 2. The monoisotopic (exact) mass is 260 g/mol. The normalized spacial score (nSPS) is 14.4. The van der Waals surface area contributed by atoms with Crippen molar-refractivity contribution in [2.45, 2.75) is 12.5 Å². The van der Waals surface area contributed by atoms with Crippen LogP contribution < -0.4 is 9.47 Å². The van der Waals surface area contributed by atoms with Crippen LogP contribution in [-0.2, 0) is 6.42 Å². The van der Waals surface area contributed by atoms with Crippen LogP contribution in [0.1, 0.15) is 17.2 Å². The van der Waals surface area contributed by atoms with Gasteiger partial charge in [0.1, 0.15) is 5.82 Å². The summed E-state index contributed by atoms with van der Waals surface area (Å²) in [6, 6.07) is 11.7. The van der Waals surface area contributed by atoms with E-state index in [9.17, 15) is 9.50 Å². The van der Waals surface area contributed by atoms with Gasteiger partial charge in [-0.1, -0.05) is 24.3 Å². The molecule has 0 aliphatic carbocycles. The van der Waals surface area contributed by atoms with Crippen LogP contribution in [0.4, 0.5) is 4.39 Å². The molecule has 19 heavy (non-hydrogen) atoms. The lowest BCUT2D eigenvalue weighted by atomic mass is 10.0. The Labute approximate surface area is 110 Å². The molecular weight excluding hydrogens is 247 g/mol. The van der Waals surface area contributed by atoms with Crippen LogP contribution >= 0.6 is 0 Å². The highest BCUT2D eigenvalue weighted by Crippen LogP contribution is 2.34. The molecule has 1 unspecified atom stereocenters. The first-order valence-electron chi connectivity index (χ1n) is 6.05. The van der Waals surface area contributed by atoms with Crippen LogP contribution in [0, 0.1) is 5.82 Å². The van der Waals surface area contributed by atoms with Crippen LogP contribution in [-0.4, -0.2) is 11.9 Å². The maximum atomic E-state index is 13.5. The lowest BCUT2D eigenvalue weighted by Crippen LogP contribution is -2.03. The van der Waals surface area contributed by atoms with E-state index >= 15 is 0 Å². The Morgan fingerprint density at radius 1 is 1.11 bits per heavy atom. The van der Waals surface area contributed by atoms with Gasteiger partial charge < -0.3 is 14.6 Å². The van der Waals surface area contributed by atoms with Crippen molar-refractivity contribution in [1.29, 1.82) is 0 Å². The van der Waals surface area contributed by atoms with Crippen LogP contribution in [0.25, 0.3) is 0 Å². The molecular formula is C15H13FO3. The molecule has 3 nitrogen and oxygen atoms in total. The largest absolute Gasteiger partial charge is 0.454 e. The van der Waals surface area contributed by atoms with Gasteiger partial charge in [0.15, 0.2) is 11.5 Å². The predicted octanol–water partition coefficient (Wildman–Crippen LogP) is 2.83. The fourth-order valence-corrected chi connectivity index (χ4v) is 2.11. The Kier molecular flexibility index (Phi) is 3.09. The Morgan fingerprint density at radius 3 is 2.74 bits per heavy atom. The third-order valence-electron chi connectivity index (χ3n) is 3.15. The van der Waals surface area contributed by atoms with Crippen molar-refractivity contribution in [3.63, 3.8) is 0 Å². The van der Waals surface area contributed by atoms with Crippen molar-refractivity contribution >= 4 is 0 Å². The van der Waals surface area contributed by atoms with E-state index in [0.29, 0.717) is 22.6 Å². The molecule has 0 bridgehead atoms. The Hall–Kier alpha value is -2.07. The molecule has 0 radical (unpaired) electrons. The number of aliphatic hydroxyl groups is 1. The number of rotatable bonds is 3. The number of hydrogen-bond donors (Lipinski definition) is 1. The van der Waals surface area contributed by atoms with Gasteiger partial charge in [-0.2, -0.15) is 0 Å². The Balaban J connectivity index is 1.81. The van der Waals surface area contributed by atoms with Crippen LogP contribution in [0.5, 0.6) is 11.5 Å². The Bertz CT molecular complexity index is 598. The molecule has 0 aromatic heterocycles. The van der Waals surface area contributed by atoms with E-state index in [0.717, 1.165) is 0 Å². The fourth-order valence-electron chi connectivity index (χ4n) is 2.11. The molecule has 1 N–H and O–H groups in total. The van der Waals surface area contributed by atoms with Crippen molar-refractivity contribution in [3.05, 3.63) is 59.4 Å². The minimum atomic E-state index is -0.772. The molecule has 1 heterocycles. The van der Waals surface area contributed by atoms with Crippen LogP contribution in [0.2, 0.25) is 0 Å². The van der Waals surface area contributed by atoms with Crippen LogP contribution in [0.3, 0.4) is 0 Å². The molecule has 4 heteroatoms. The van der Waals surface area contributed by atoms with Gasteiger partial charge >= 0.3 is 0 Å². The summed E-state index contributed by atoms with van der Waals surface area (Å²) in [4.78, 5) is 0. The minimum absolute atomic E-state index is 0.197. The summed E-state index contributed by atoms with van der Waals surface area (Å²) in [5, 5.41) is 10.2. The molecule has 1 aliphatic heterocycles. The van der Waals surface area contributed by atoms with Crippen molar-refractivity contribution in [2.75, 3.05) is 6.79 Å². The standard InChI is InChI=1S/C15H13FO3/c16-12-4-2-1-3-10(12)7-13(17)11-5-6-14-15(8-11)19-9-18-14/h1-6,8,13,17H,7,9H2. The first-order chi connectivity index (χ1) is 9.24. The van der Waals surface area contributed by atoms with Gasteiger partial charge in [-0.3, -0.25) is 0 Å². The van der Waals surface area contributed by atoms with Gasteiger partial charge in [0.25, 0.3) is 0 Å². The highest BCUT2D eigenvalue weighted by atomic mass is 19.1. The summed E-state index contributed by atoms with van der Waals surface area (Å²) in [5.41, 5.74) is 1.18. The first kappa shape index (κ1) is 12.0. The molecule has 1 aliphatic rings. The highest BCUT2D eigenvalue weighted by Gasteiger charge is 2.17. The molecule has 0 saturated heterocycles. The SMILES string of the molecule is OC(Cc1ccccc1F)c1ccc2c(c1)OCO2. The molecule has 0 saturated carbocycles. The van der Waals surface area contributed by atoms with E-state index in [-0.39, 0.29) is 19.0 Å². The van der Waals surface area contributed by atoms with E-state index in [2.05, 4.69) is 0 Å². The number of fused-ring (bicyclic) bond motifs is 1. The lowest BCUT2D eigenvalue weighted by Gasteiger charge is -2.12. The summed E-state index contributed by atoms with van der Waals surface area (Å²) < 4.78 is 24.0. The molecule has 0 amide bonds. The second-order valence-corrected chi connectivity index (χ2v) is 4.42. The summed E-state index contributed by atoms with van der Waals surface area (Å²) in [6.45, 7) is 0.197. The zero-order valence-corrected chi connectivity index (χ0v) is 10.2. The average Bonchev–Trinajstić information content (AvgIpc) is 2.88. The zero-order valence-electron chi connectivity index (χ0n) is 10.2. The van der Waals surface area contributed by atoms with E-state index in [1.54, 1.807) is 36.4 Å². The average molecular weight is 260 g/mol. The first-order valence-corrected chi connectivity index (χ1v) is 6.05. The van der Waals surface area contributed by atoms with Gasteiger partial charge in [0, 0.05) is 6.42 Å². The minimum Gasteiger partial charge on any atom is -0.454 e. The zero-order chi connectivity index (χ0) is 13.2. The van der Waals surface area contributed by atoms with Crippen molar-refractivity contribution < 1.29 is 19.0 Å². The topological polar surface area (TPSA) is 38.7 Å². The molecule has 3 rings (SSSR count). The van der Waals surface area contributed by atoms with Gasteiger partial charge in [-0.05, 0) is 29.3 Å². The highest BCUT2D eigenvalue weighted by molar-refractivity contribution is 5.45. The summed E-state index contributed by atoms with van der Waals surface area (Å²) >= 11 is 0. The fraction of sp³-hybridized carbons (Fsp3) is 0.200. The van der Waals surface area contributed by atoms with Crippen molar-refractivity contribution in [2.24, 2.45) is 0 Å².